The van der Waals surface area contributed by atoms with Gasteiger partial charge in [-0.15, -0.1) is 0 Å². The first-order valence-corrected chi connectivity index (χ1v) is 4.00. The number of aliphatic hydroxyl groups excluding tert-OH is 1. The zero-order chi connectivity index (χ0) is 8.15. The maximum Gasteiger partial charge on any atom is 0.104 e. The SMILES string of the molecule is CCN(CC(C)C)C(C)O. The van der Waals surface area contributed by atoms with Gasteiger partial charge in [-0.2, -0.15) is 0 Å². The molecule has 1 N–H and O–H groups in total. The average Bonchev–Trinajstić information content (AvgIpc) is 1.81. The van der Waals surface area contributed by atoms with Gasteiger partial charge >= 0.3 is 0 Å². The molecule has 0 aliphatic heterocycles. The highest BCUT2D eigenvalue weighted by atomic mass is 16.3. The van der Waals surface area contributed by atoms with Crippen molar-refractivity contribution in [3.63, 3.8) is 0 Å². The summed E-state index contributed by atoms with van der Waals surface area (Å²) in [5, 5.41) is 9.19. The van der Waals surface area contributed by atoms with Gasteiger partial charge in [-0.25, -0.2) is 0 Å². The molecule has 0 spiro atoms. The summed E-state index contributed by atoms with van der Waals surface area (Å²) in [5.74, 6) is 0.634. The standard InChI is InChI=1S/C8H19NO/c1-5-9(8(4)10)6-7(2)3/h7-8,10H,5-6H2,1-4H3. The lowest BCUT2D eigenvalue weighted by molar-refractivity contribution is 0.0150. The third-order valence-corrected chi connectivity index (χ3v) is 1.53. The summed E-state index contributed by atoms with van der Waals surface area (Å²) in [7, 11) is 0. The molecule has 0 bridgehead atoms. The first kappa shape index (κ1) is 9.92. The van der Waals surface area contributed by atoms with Crippen LogP contribution in [0.5, 0.6) is 0 Å². The highest BCUT2D eigenvalue weighted by Gasteiger charge is 2.08. The predicted octanol–water partition coefficient (Wildman–Crippen LogP) is 1.30. The van der Waals surface area contributed by atoms with Crippen molar-refractivity contribution in [1.82, 2.24) is 4.90 Å². The van der Waals surface area contributed by atoms with E-state index in [1.165, 1.54) is 0 Å². The zero-order valence-corrected chi connectivity index (χ0v) is 7.46. The quantitative estimate of drug-likeness (QED) is 0.603. The van der Waals surface area contributed by atoms with Crippen LogP contribution in [0.15, 0.2) is 0 Å². The highest BCUT2D eigenvalue weighted by Crippen LogP contribution is 2.00. The summed E-state index contributed by atoms with van der Waals surface area (Å²) < 4.78 is 0. The molecule has 0 rings (SSSR count). The fourth-order valence-electron chi connectivity index (χ4n) is 1.01. The van der Waals surface area contributed by atoms with E-state index in [9.17, 15) is 5.11 Å². The van der Waals surface area contributed by atoms with Crippen LogP contribution in [-0.2, 0) is 0 Å². The molecule has 2 nitrogen and oxygen atoms in total. The molecule has 0 aromatic carbocycles. The third kappa shape index (κ3) is 3.85. The monoisotopic (exact) mass is 145 g/mol. The molecule has 0 aliphatic carbocycles. The van der Waals surface area contributed by atoms with Gasteiger partial charge in [0.15, 0.2) is 0 Å². The Hall–Kier alpha value is -0.0800. The maximum absolute atomic E-state index is 9.19. The fraction of sp³-hybridized carbons (Fsp3) is 1.00. The minimum atomic E-state index is -0.299. The number of rotatable bonds is 4. The van der Waals surface area contributed by atoms with Crippen LogP contribution in [0.2, 0.25) is 0 Å². The number of hydrogen-bond acceptors (Lipinski definition) is 2. The van der Waals surface area contributed by atoms with Crippen molar-refractivity contribution < 1.29 is 5.11 Å². The van der Waals surface area contributed by atoms with Gasteiger partial charge in [0.1, 0.15) is 6.23 Å². The minimum absolute atomic E-state index is 0.299. The van der Waals surface area contributed by atoms with Gasteiger partial charge in [-0.1, -0.05) is 20.8 Å². The largest absolute Gasteiger partial charge is 0.379 e. The van der Waals surface area contributed by atoms with Crippen LogP contribution >= 0.6 is 0 Å². The van der Waals surface area contributed by atoms with Crippen molar-refractivity contribution in [2.45, 2.75) is 33.9 Å². The molecule has 0 heterocycles. The van der Waals surface area contributed by atoms with Crippen LogP contribution in [0.25, 0.3) is 0 Å². The zero-order valence-electron chi connectivity index (χ0n) is 7.46. The fourth-order valence-corrected chi connectivity index (χ4v) is 1.01. The van der Waals surface area contributed by atoms with E-state index in [4.69, 9.17) is 0 Å². The van der Waals surface area contributed by atoms with Crippen LogP contribution < -0.4 is 0 Å². The Kier molecular flexibility index (Phi) is 4.65. The predicted molar refractivity (Wildman–Crippen MR) is 43.8 cm³/mol. The van der Waals surface area contributed by atoms with Gasteiger partial charge in [0.25, 0.3) is 0 Å². The second-order valence-electron chi connectivity index (χ2n) is 3.11. The summed E-state index contributed by atoms with van der Waals surface area (Å²) in [4.78, 5) is 2.05. The Morgan fingerprint density at radius 3 is 1.90 bits per heavy atom. The van der Waals surface area contributed by atoms with Crippen molar-refractivity contribution in [2.24, 2.45) is 5.92 Å². The molecule has 0 saturated carbocycles. The number of nitrogens with zero attached hydrogens (tertiary/aromatic N) is 1. The van der Waals surface area contributed by atoms with E-state index >= 15 is 0 Å². The molecule has 0 aliphatic rings. The van der Waals surface area contributed by atoms with Gasteiger partial charge in [0.05, 0.1) is 0 Å². The topological polar surface area (TPSA) is 23.5 Å². The van der Waals surface area contributed by atoms with E-state index in [2.05, 4.69) is 20.8 Å². The molecule has 0 aromatic heterocycles. The van der Waals surface area contributed by atoms with E-state index < -0.39 is 0 Å². The van der Waals surface area contributed by atoms with Crippen LogP contribution in [0, 0.1) is 5.92 Å². The highest BCUT2D eigenvalue weighted by molar-refractivity contribution is 4.57. The Labute approximate surface area is 63.8 Å². The van der Waals surface area contributed by atoms with Crippen LogP contribution in [0.4, 0.5) is 0 Å². The lowest BCUT2D eigenvalue weighted by Gasteiger charge is -2.25. The summed E-state index contributed by atoms with van der Waals surface area (Å²) in [5.41, 5.74) is 0. The van der Waals surface area contributed by atoms with Crippen molar-refractivity contribution in [3.8, 4) is 0 Å². The molecule has 1 unspecified atom stereocenters. The molecule has 0 radical (unpaired) electrons. The summed E-state index contributed by atoms with van der Waals surface area (Å²) in [6.07, 6.45) is -0.299. The van der Waals surface area contributed by atoms with Crippen LogP contribution in [0.3, 0.4) is 0 Å². The Morgan fingerprint density at radius 1 is 1.30 bits per heavy atom. The molecule has 2 heteroatoms. The van der Waals surface area contributed by atoms with E-state index in [1.54, 1.807) is 0 Å². The molecule has 0 fully saturated rings. The van der Waals surface area contributed by atoms with Crippen LogP contribution in [0.1, 0.15) is 27.7 Å². The summed E-state index contributed by atoms with van der Waals surface area (Å²) in [6, 6.07) is 0. The lowest BCUT2D eigenvalue weighted by Crippen LogP contribution is -2.35. The van der Waals surface area contributed by atoms with Gasteiger partial charge in [0.2, 0.25) is 0 Å². The average molecular weight is 145 g/mol. The number of aliphatic hydroxyl groups is 1. The van der Waals surface area contributed by atoms with E-state index in [0.29, 0.717) is 5.92 Å². The van der Waals surface area contributed by atoms with Crippen molar-refractivity contribution in [2.75, 3.05) is 13.1 Å². The van der Waals surface area contributed by atoms with E-state index in [0.717, 1.165) is 13.1 Å². The molecule has 0 saturated heterocycles. The summed E-state index contributed by atoms with van der Waals surface area (Å²) in [6.45, 7) is 10.1. The second kappa shape index (κ2) is 4.69. The van der Waals surface area contributed by atoms with E-state index in [-0.39, 0.29) is 6.23 Å². The van der Waals surface area contributed by atoms with Gasteiger partial charge in [0, 0.05) is 6.54 Å². The van der Waals surface area contributed by atoms with Gasteiger partial charge < -0.3 is 5.11 Å². The Bertz CT molecular complexity index is 81.3. The number of hydrogen-bond donors (Lipinski definition) is 1. The lowest BCUT2D eigenvalue weighted by atomic mass is 10.2. The minimum Gasteiger partial charge on any atom is -0.379 e. The molecule has 10 heavy (non-hydrogen) atoms. The second-order valence-corrected chi connectivity index (χ2v) is 3.11. The molecule has 1 atom stereocenters. The normalized spacial score (nSPS) is 14.7. The molecule has 0 aromatic rings. The Morgan fingerprint density at radius 2 is 1.80 bits per heavy atom. The van der Waals surface area contributed by atoms with Crippen molar-refractivity contribution in [1.29, 1.82) is 0 Å². The van der Waals surface area contributed by atoms with Crippen molar-refractivity contribution in [3.05, 3.63) is 0 Å². The molecule has 62 valence electrons. The smallest absolute Gasteiger partial charge is 0.104 e. The Balaban J connectivity index is 3.60. The van der Waals surface area contributed by atoms with Crippen LogP contribution in [-0.4, -0.2) is 29.3 Å². The first-order valence-electron chi connectivity index (χ1n) is 4.00. The van der Waals surface area contributed by atoms with Crippen molar-refractivity contribution >= 4 is 0 Å². The molecular formula is C8H19NO. The molecular weight excluding hydrogens is 126 g/mol. The molecule has 0 amide bonds. The third-order valence-electron chi connectivity index (χ3n) is 1.53. The first-order chi connectivity index (χ1) is 4.57. The maximum atomic E-state index is 9.19. The summed E-state index contributed by atoms with van der Waals surface area (Å²) >= 11 is 0. The van der Waals surface area contributed by atoms with Gasteiger partial charge in [-0.3, -0.25) is 4.90 Å². The van der Waals surface area contributed by atoms with Gasteiger partial charge in [-0.05, 0) is 19.4 Å². The van der Waals surface area contributed by atoms with E-state index in [1.807, 2.05) is 11.8 Å².